The number of carbonyl (C=O) groups excluding carboxylic acids is 2. The second-order valence-corrected chi connectivity index (χ2v) is 21.8. The lowest BCUT2D eigenvalue weighted by Crippen LogP contribution is -2.47. The molecule has 0 saturated carbocycles. The minimum Gasteiger partial charge on any atom is -0.756 e. The Morgan fingerprint density at radius 1 is 0.474 bits per heavy atom. The van der Waals surface area contributed by atoms with Gasteiger partial charge in [0, 0.05) is 12.8 Å². The lowest BCUT2D eigenvalue weighted by Gasteiger charge is -2.30. The third-order valence-corrected chi connectivity index (χ3v) is 13.0. The molecular formula is C66H109N2O7P. The normalized spacial score (nSPS) is 14.8. The van der Waals surface area contributed by atoms with E-state index in [1.54, 1.807) is 6.08 Å². The number of phosphoric acid groups is 1. The molecule has 76 heavy (non-hydrogen) atoms. The van der Waals surface area contributed by atoms with Gasteiger partial charge in [-0.1, -0.05) is 218 Å². The maximum Gasteiger partial charge on any atom is 0.306 e. The SMILES string of the molecule is CC/C=C\C/C=C\C/C=C\C/C=C\C/C=C\C/C=C\CCCCC(=O)NC(COP(=O)([O-])OCC[N+](C)(C)C)C(/C=C\CCCCCCCCCCCC)OC(=O)CCC/C=C\C/C=C\C/C=C\C/C=C\C/C=C\CC. The summed E-state index contributed by atoms with van der Waals surface area (Å²) in [6.45, 7) is 6.51. The Labute approximate surface area is 466 Å². The van der Waals surface area contributed by atoms with E-state index in [1.807, 2.05) is 27.2 Å². The van der Waals surface area contributed by atoms with Crippen molar-refractivity contribution in [3.05, 3.63) is 146 Å². The Bertz CT molecular complexity index is 1810. The van der Waals surface area contributed by atoms with Crippen LogP contribution in [-0.2, 0) is 27.9 Å². The molecule has 0 aromatic rings. The fraction of sp³-hybridized carbons (Fsp3) is 0.606. The Balaban J connectivity index is 5.49. The Morgan fingerprint density at radius 2 is 0.855 bits per heavy atom. The van der Waals surface area contributed by atoms with E-state index in [-0.39, 0.29) is 25.4 Å². The number of amides is 1. The van der Waals surface area contributed by atoms with Crippen molar-refractivity contribution < 1.29 is 37.3 Å². The molecule has 10 heteroatoms. The number of hydrogen-bond donors (Lipinski definition) is 1. The van der Waals surface area contributed by atoms with Gasteiger partial charge < -0.3 is 28.5 Å². The van der Waals surface area contributed by atoms with Crippen LogP contribution in [0.3, 0.4) is 0 Å². The van der Waals surface area contributed by atoms with E-state index in [1.165, 1.54) is 51.4 Å². The van der Waals surface area contributed by atoms with Crippen LogP contribution in [0.2, 0.25) is 0 Å². The van der Waals surface area contributed by atoms with Gasteiger partial charge in [-0.05, 0) is 122 Å². The lowest BCUT2D eigenvalue weighted by molar-refractivity contribution is -0.870. The molecule has 9 nitrogen and oxygen atoms in total. The van der Waals surface area contributed by atoms with Gasteiger partial charge in [-0.25, -0.2) is 0 Å². The number of phosphoric ester groups is 1. The van der Waals surface area contributed by atoms with Crippen LogP contribution in [-0.4, -0.2) is 69.4 Å². The van der Waals surface area contributed by atoms with Gasteiger partial charge in [0.2, 0.25) is 5.91 Å². The van der Waals surface area contributed by atoms with Crippen molar-refractivity contribution in [1.82, 2.24) is 5.32 Å². The topological polar surface area (TPSA) is 114 Å². The molecule has 0 aliphatic heterocycles. The van der Waals surface area contributed by atoms with E-state index < -0.39 is 32.5 Å². The first kappa shape index (κ1) is 71.9. The molecule has 1 N–H and O–H groups in total. The summed E-state index contributed by atoms with van der Waals surface area (Å²) in [5.74, 6) is -0.674. The van der Waals surface area contributed by atoms with Crippen LogP contribution in [0.4, 0.5) is 0 Å². The van der Waals surface area contributed by atoms with Crippen LogP contribution < -0.4 is 10.2 Å². The maximum atomic E-state index is 13.5. The number of unbranched alkanes of at least 4 members (excludes halogenated alkanes) is 13. The number of allylic oxidation sites excluding steroid dienone is 23. The summed E-state index contributed by atoms with van der Waals surface area (Å²) in [5.41, 5.74) is 0. The first-order chi connectivity index (χ1) is 36.9. The predicted molar refractivity (Wildman–Crippen MR) is 325 cm³/mol. The Hall–Kier alpha value is -4.11. The predicted octanol–water partition coefficient (Wildman–Crippen LogP) is 17.6. The lowest BCUT2D eigenvalue weighted by atomic mass is 10.1. The van der Waals surface area contributed by atoms with E-state index >= 15 is 0 Å². The minimum absolute atomic E-state index is 0.0485. The minimum atomic E-state index is -4.73. The van der Waals surface area contributed by atoms with E-state index in [9.17, 15) is 19.0 Å². The van der Waals surface area contributed by atoms with Crippen molar-refractivity contribution in [2.75, 3.05) is 40.9 Å². The highest BCUT2D eigenvalue weighted by Gasteiger charge is 2.27. The quantitative estimate of drug-likeness (QED) is 0.0212. The molecule has 0 aliphatic carbocycles. The summed E-state index contributed by atoms with van der Waals surface area (Å²) in [6, 6.07) is -0.945. The molecule has 0 spiro atoms. The van der Waals surface area contributed by atoms with Gasteiger partial charge >= 0.3 is 5.97 Å². The molecule has 0 bridgehead atoms. The van der Waals surface area contributed by atoms with Crippen molar-refractivity contribution in [2.24, 2.45) is 0 Å². The molecule has 0 aliphatic rings. The van der Waals surface area contributed by atoms with Crippen molar-refractivity contribution in [1.29, 1.82) is 0 Å². The third kappa shape index (κ3) is 54.7. The Kier molecular flexibility index (Phi) is 51.3. The zero-order valence-electron chi connectivity index (χ0n) is 48.9. The van der Waals surface area contributed by atoms with Crippen LogP contribution in [0.25, 0.3) is 0 Å². The van der Waals surface area contributed by atoms with Crippen LogP contribution in [0.15, 0.2) is 146 Å². The van der Waals surface area contributed by atoms with E-state index in [2.05, 4.69) is 160 Å². The maximum absolute atomic E-state index is 13.5. The first-order valence-corrected chi connectivity index (χ1v) is 31.1. The number of ether oxygens (including phenoxy) is 1. The third-order valence-electron chi connectivity index (χ3n) is 12.0. The van der Waals surface area contributed by atoms with Crippen LogP contribution in [0.1, 0.15) is 207 Å². The number of nitrogens with one attached hydrogen (secondary N) is 1. The van der Waals surface area contributed by atoms with Gasteiger partial charge in [0.15, 0.2) is 0 Å². The average Bonchev–Trinajstić information content (AvgIpc) is 3.38. The van der Waals surface area contributed by atoms with Crippen molar-refractivity contribution >= 4 is 19.7 Å². The number of quaternary nitrogens is 1. The number of rotatable bonds is 51. The van der Waals surface area contributed by atoms with Gasteiger partial charge in [0.05, 0.1) is 33.8 Å². The zero-order chi connectivity index (χ0) is 55.7. The van der Waals surface area contributed by atoms with E-state index in [0.29, 0.717) is 30.3 Å². The molecule has 430 valence electrons. The van der Waals surface area contributed by atoms with Crippen LogP contribution in [0, 0.1) is 0 Å². The van der Waals surface area contributed by atoms with Crippen molar-refractivity contribution in [3.63, 3.8) is 0 Å². The van der Waals surface area contributed by atoms with Gasteiger partial charge in [0.1, 0.15) is 19.3 Å². The van der Waals surface area contributed by atoms with Crippen LogP contribution >= 0.6 is 7.82 Å². The smallest absolute Gasteiger partial charge is 0.306 e. The largest absolute Gasteiger partial charge is 0.756 e. The Morgan fingerprint density at radius 3 is 1.29 bits per heavy atom. The van der Waals surface area contributed by atoms with Gasteiger partial charge in [0.25, 0.3) is 7.82 Å². The van der Waals surface area contributed by atoms with E-state index in [0.717, 1.165) is 103 Å². The number of nitrogens with zero attached hydrogens (tertiary/aromatic N) is 1. The zero-order valence-corrected chi connectivity index (χ0v) is 49.8. The van der Waals surface area contributed by atoms with Crippen LogP contribution in [0.5, 0.6) is 0 Å². The van der Waals surface area contributed by atoms with Crippen molar-refractivity contribution in [3.8, 4) is 0 Å². The summed E-state index contributed by atoms with van der Waals surface area (Å²) in [7, 11) is 1.10. The second-order valence-electron chi connectivity index (χ2n) is 20.4. The van der Waals surface area contributed by atoms with Crippen molar-refractivity contribution in [2.45, 2.75) is 219 Å². The number of likely N-dealkylation sites (N-methyl/N-ethyl adjacent to an activating group) is 1. The number of carbonyl (C=O) groups is 2. The molecule has 3 atom stereocenters. The molecule has 0 heterocycles. The first-order valence-electron chi connectivity index (χ1n) is 29.6. The number of hydrogen-bond acceptors (Lipinski definition) is 7. The van der Waals surface area contributed by atoms with Gasteiger partial charge in [-0.15, -0.1) is 0 Å². The second kappa shape index (κ2) is 54.3. The van der Waals surface area contributed by atoms with Gasteiger partial charge in [-0.3, -0.25) is 14.2 Å². The fourth-order valence-corrected chi connectivity index (χ4v) is 8.22. The molecule has 0 aromatic heterocycles. The highest BCUT2D eigenvalue weighted by Crippen LogP contribution is 2.38. The van der Waals surface area contributed by atoms with Gasteiger partial charge in [-0.2, -0.15) is 0 Å². The molecule has 0 rings (SSSR count). The highest BCUT2D eigenvalue weighted by molar-refractivity contribution is 7.45. The molecule has 1 amide bonds. The number of esters is 1. The molecule has 0 fully saturated rings. The molecule has 0 saturated heterocycles. The monoisotopic (exact) mass is 1070 g/mol. The highest BCUT2D eigenvalue weighted by atomic mass is 31.2. The summed E-state index contributed by atoms with van der Waals surface area (Å²) in [6.07, 6.45) is 78.3. The summed E-state index contributed by atoms with van der Waals surface area (Å²) in [5, 5.41) is 2.98. The molecular weight excluding hydrogens is 964 g/mol. The standard InChI is InChI=1S/C66H109N2O7P/c1-7-10-13-16-19-22-25-28-30-32-33-34-35-37-38-40-43-46-49-52-55-58-65(69)67-63(62-74-76(71,72)73-61-60-68(4,5)6)64(57-54-51-48-45-42-27-24-21-18-15-12-9-3)75-66(70)59-56-53-50-47-44-41-39-36-31-29-26-23-20-17-14-11-8-2/h10-11,13-14,19-20,22-23,28-31,33-34,37-39,41,43,46-47,50,54,57,63-64H,7-9,12,15-18,21,24-27,32,35-36,40,42,44-45,48-49,51-53,55-56,58-62H2,1-6H3,(H-,67,69,71,72)/b13-10-,14-11-,22-19-,23-20-,30-28-,31-29-,34-33-,38-37-,41-39-,46-43-,50-47-,57-54-. The molecule has 0 radical (unpaired) electrons. The van der Waals surface area contributed by atoms with E-state index in [4.69, 9.17) is 13.8 Å². The summed E-state index contributed by atoms with van der Waals surface area (Å²) < 4.78 is 30.2. The fourth-order valence-electron chi connectivity index (χ4n) is 7.50. The summed E-state index contributed by atoms with van der Waals surface area (Å²) in [4.78, 5) is 39.9. The molecule has 0 aromatic carbocycles. The molecule has 3 unspecified atom stereocenters. The summed E-state index contributed by atoms with van der Waals surface area (Å²) >= 11 is 0. The average molecular weight is 1070 g/mol.